The summed E-state index contributed by atoms with van der Waals surface area (Å²) < 4.78 is 68.4. The summed E-state index contributed by atoms with van der Waals surface area (Å²) in [6.45, 7) is 11.9. The Morgan fingerprint density at radius 3 is 1.96 bits per heavy atom. The Balaban J connectivity index is 1.03. The van der Waals surface area contributed by atoms with E-state index < -0.39 is 70.3 Å². The van der Waals surface area contributed by atoms with Crippen LogP contribution >= 0.6 is 8.25 Å². The first-order valence-electron chi connectivity index (χ1n) is 24.6. The average Bonchev–Trinajstić information content (AvgIpc) is 4.14. The Morgan fingerprint density at radius 2 is 1.35 bits per heavy atom. The van der Waals surface area contributed by atoms with Gasteiger partial charge in [-0.2, -0.15) is 0 Å². The number of carbonyl (C=O) groups is 1. The van der Waals surface area contributed by atoms with E-state index in [1.165, 1.54) is 17.1 Å². The number of anilines is 1. The zero-order valence-electron chi connectivity index (χ0n) is 43.0. The van der Waals surface area contributed by atoms with Crippen molar-refractivity contribution < 1.29 is 46.5 Å². The topological polar surface area (TPSA) is 218 Å². The van der Waals surface area contributed by atoms with Crippen molar-refractivity contribution in [3.05, 3.63) is 177 Å². The van der Waals surface area contributed by atoms with Crippen LogP contribution in [-0.4, -0.2) is 95.1 Å². The summed E-state index contributed by atoms with van der Waals surface area (Å²) in [6.07, 6.45) is 0.0391. The minimum absolute atomic E-state index is 0.0968. The van der Waals surface area contributed by atoms with Crippen molar-refractivity contribution in [3.63, 3.8) is 0 Å². The highest BCUT2D eigenvalue weighted by Crippen LogP contribution is 2.46. The van der Waals surface area contributed by atoms with Crippen LogP contribution in [0.15, 0.2) is 138 Å². The first-order valence-corrected chi connectivity index (χ1v) is 28.6. The predicted octanol–water partition coefficient (Wildman–Crippen LogP) is 8.99. The third-order valence-electron chi connectivity index (χ3n) is 14.2. The highest BCUT2D eigenvalue weighted by atomic mass is 31.1. The molecule has 0 aliphatic carbocycles. The maximum absolute atomic E-state index is 14.3. The molecule has 2 saturated heterocycles. The highest BCUT2D eigenvalue weighted by Gasteiger charge is 2.49. The number of hydrogen-bond acceptors (Lipinski definition) is 15. The molecule has 0 spiro atoms. The van der Waals surface area contributed by atoms with Gasteiger partial charge in [0.25, 0.3) is 11.5 Å². The summed E-state index contributed by atoms with van der Waals surface area (Å²) in [5.74, 6) is 1.15. The van der Waals surface area contributed by atoms with Gasteiger partial charge < -0.3 is 33.4 Å². The number of aromatic nitrogens is 6. The van der Waals surface area contributed by atoms with Gasteiger partial charge in [-0.05, 0) is 78.1 Å². The van der Waals surface area contributed by atoms with E-state index in [4.69, 9.17) is 37.2 Å². The van der Waals surface area contributed by atoms with Gasteiger partial charge in [0.05, 0.1) is 33.3 Å². The molecule has 0 radical (unpaired) electrons. The van der Waals surface area contributed by atoms with E-state index >= 15 is 0 Å². The van der Waals surface area contributed by atoms with Crippen LogP contribution in [-0.2, 0) is 37.9 Å². The number of fused-ring (bicyclic) bond motifs is 1. The molecule has 1 unspecified atom stereocenters. The van der Waals surface area contributed by atoms with Gasteiger partial charge in [0, 0.05) is 34.7 Å². The number of carbonyl (C=O) groups excluding carboxylic acids is 1. The lowest BCUT2D eigenvalue weighted by Gasteiger charge is -2.39. The van der Waals surface area contributed by atoms with Crippen LogP contribution < -0.4 is 26.0 Å². The molecule has 2 aliphatic rings. The predicted molar refractivity (Wildman–Crippen MR) is 282 cm³/mol. The molecule has 4 aromatic carbocycles. The second-order valence-electron chi connectivity index (χ2n) is 20.0. The molecule has 2 N–H and O–H groups in total. The van der Waals surface area contributed by atoms with Gasteiger partial charge in [-0.25, -0.2) is 19.7 Å². The maximum atomic E-state index is 14.3. The van der Waals surface area contributed by atoms with Gasteiger partial charge in [0.1, 0.15) is 60.8 Å². The van der Waals surface area contributed by atoms with Crippen molar-refractivity contribution in [2.75, 3.05) is 32.8 Å². The quantitative estimate of drug-likeness (QED) is 0.0439. The number of hydrogen-bond donors (Lipinski definition) is 2. The smallest absolute Gasteiger partial charge is 0.497 e. The Labute approximate surface area is 435 Å². The van der Waals surface area contributed by atoms with Crippen LogP contribution in [0.3, 0.4) is 0 Å². The first kappa shape index (κ1) is 53.1. The number of rotatable bonds is 19. The van der Waals surface area contributed by atoms with E-state index in [0.29, 0.717) is 33.8 Å². The standard InChI is InChI=1S/C54H60N7O12PSi/c1-34-29-60(52(64)59-50(34)62)45-28-42(73-75(7,8)53(2,3)4)44(71-45)31-69-74(65)72-41-27-46(61-33-57-47-48(55-32-56-49(47)61)58-51(63)35-15-11-9-12-16-35)70-43(41)30-68-54(36-17-13-10-14-18-36,37-19-23-39(66-5)24-20-37)38-21-25-40(67-6)26-22-38/h9-26,29,32-33,41-46H,27-28,30-31H2,1-8H3,(H-,55,56,58,59,62,63,64)/p+1/t41-,42-,43+,44+,45+,46+/m0/s1. The number of H-pyrrole nitrogens is 1. The lowest BCUT2D eigenvalue weighted by Crippen LogP contribution is -2.46. The average molecular weight is 1060 g/mol. The van der Waals surface area contributed by atoms with E-state index in [2.05, 4.69) is 59.1 Å². The molecule has 21 heteroatoms. The number of ether oxygens (including phenoxy) is 5. The summed E-state index contributed by atoms with van der Waals surface area (Å²) >= 11 is 0. The van der Waals surface area contributed by atoms with Crippen LogP contribution in [0, 0.1) is 6.92 Å². The molecule has 0 saturated carbocycles. The molecular weight excluding hydrogens is 998 g/mol. The number of amides is 1. The molecule has 3 aromatic heterocycles. The molecule has 9 rings (SSSR count). The fraction of sp³-hybridized carbons (Fsp3) is 0.370. The number of methoxy groups -OCH3 is 2. The second-order valence-corrected chi connectivity index (χ2v) is 25.6. The summed E-state index contributed by atoms with van der Waals surface area (Å²) in [5.41, 5.74) is 1.50. The van der Waals surface area contributed by atoms with Crippen LogP contribution in [0.1, 0.15) is 78.7 Å². The fourth-order valence-electron chi connectivity index (χ4n) is 9.11. The zero-order valence-corrected chi connectivity index (χ0v) is 44.9. The van der Waals surface area contributed by atoms with Gasteiger partial charge in [0.15, 0.2) is 25.3 Å². The van der Waals surface area contributed by atoms with Crippen molar-refractivity contribution in [3.8, 4) is 11.5 Å². The molecule has 1 amide bonds. The third kappa shape index (κ3) is 11.3. The molecular formula is C54H61N7O12PSi+. The molecule has 2 fully saturated rings. The van der Waals surface area contributed by atoms with Crippen LogP contribution in [0.2, 0.25) is 18.1 Å². The molecule has 7 atom stereocenters. The first-order chi connectivity index (χ1) is 36.0. The fourth-order valence-corrected chi connectivity index (χ4v) is 11.2. The SMILES string of the molecule is COc1ccc(C(OC[C@H]2O[C@@H](n3cnc4c(NC(=O)c5ccccc5)ncnc43)C[C@@H]2O[P+](=O)OC[C@H]2O[C@@H](n3cc(C)c(=O)[nH]c3=O)C[C@@H]2O[Si](C)(C)C(C)(C)C)(c2ccccc2)c2ccc(OC)cc2)cc1. The Hall–Kier alpha value is -6.74. The molecule has 75 heavy (non-hydrogen) atoms. The summed E-state index contributed by atoms with van der Waals surface area (Å²) in [6, 6.07) is 33.8. The van der Waals surface area contributed by atoms with E-state index in [1.807, 2.05) is 84.9 Å². The normalized spacial score (nSPS) is 20.3. The third-order valence-corrected chi connectivity index (χ3v) is 19.5. The van der Waals surface area contributed by atoms with Crippen molar-refractivity contribution >= 4 is 39.5 Å². The molecule has 392 valence electrons. The number of aryl methyl sites for hydroxylation is 1. The van der Waals surface area contributed by atoms with E-state index in [9.17, 15) is 18.9 Å². The molecule has 2 aliphatic heterocycles. The van der Waals surface area contributed by atoms with E-state index in [0.717, 1.165) is 16.7 Å². The molecule has 0 bridgehead atoms. The number of nitrogens with one attached hydrogen (secondary N) is 2. The van der Waals surface area contributed by atoms with Crippen molar-refractivity contribution in [2.45, 2.75) is 101 Å². The van der Waals surface area contributed by atoms with Crippen molar-refractivity contribution in [1.29, 1.82) is 0 Å². The largest absolute Gasteiger partial charge is 0.697 e. The van der Waals surface area contributed by atoms with E-state index in [-0.39, 0.29) is 42.8 Å². The summed E-state index contributed by atoms with van der Waals surface area (Å²) in [4.78, 5) is 54.5. The van der Waals surface area contributed by atoms with Gasteiger partial charge >= 0.3 is 13.9 Å². The molecule has 5 heterocycles. The van der Waals surface area contributed by atoms with Crippen LogP contribution in [0.25, 0.3) is 11.2 Å². The molecule has 7 aromatic rings. The highest BCUT2D eigenvalue weighted by molar-refractivity contribution is 7.33. The van der Waals surface area contributed by atoms with Crippen LogP contribution in [0.4, 0.5) is 5.82 Å². The minimum atomic E-state index is -2.87. The summed E-state index contributed by atoms with van der Waals surface area (Å²) in [5, 5.41) is 2.68. The lowest BCUT2D eigenvalue weighted by molar-refractivity contribution is -0.0912. The monoisotopic (exact) mass is 1060 g/mol. The Morgan fingerprint density at radius 1 is 0.773 bits per heavy atom. The van der Waals surface area contributed by atoms with Gasteiger partial charge in [-0.15, -0.1) is 9.05 Å². The van der Waals surface area contributed by atoms with Gasteiger partial charge in [-0.1, -0.05) is 93.6 Å². The van der Waals surface area contributed by atoms with Gasteiger partial charge in [-0.3, -0.25) is 23.7 Å². The lowest BCUT2D eigenvalue weighted by atomic mass is 9.80. The molecule has 19 nitrogen and oxygen atoms in total. The zero-order chi connectivity index (χ0) is 53.1. The Bertz CT molecular complexity index is 3200. The number of benzene rings is 4. The van der Waals surface area contributed by atoms with Gasteiger partial charge in [0.2, 0.25) is 0 Å². The number of nitrogens with zero attached hydrogens (tertiary/aromatic N) is 5. The minimum Gasteiger partial charge on any atom is -0.497 e. The number of imidazole rings is 1. The second kappa shape index (κ2) is 22.2. The van der Waals surface area contributed by atoms with Crippen LogP contribution in [0.5, 0.6) is 11.5 Å². The van der Waals surface area contributed by atoms with Crippen molar-refractivity contribution in [2.24, 2.45) is 0 Å². The van der Waals surface area contributed by atoms with E-state index in [1.54, 1.807) is 56.3 Å². The van der Waals surface area contributed by atoms with Crippen molar-refractivity contribution in [1.82, 2.24) is 29.1 Å². The summed E-state index contributed by atoms with van der Waals surface area (Å²) in [7, 11) is -2.09. The Kier molecular flexibility index (Phi) is 15.7. The number of aromatic amines is 1. The maximum Gasteiger partial charge on any atom is 0.697 e.